The molecule has 0 aromatic carbocycles. The van der Waals surface area contributed by atoms with E-state index in [1.807, 2.05) is 0 Å². The van der Waals surface area contributed by atoms with Gasteiger partial charge in [0, 0.05) is 23.8 Å². The minimum atomic E-state index is -3.42. The molecular formula is C11H16N4O2S2. The minimum absolute atomic E-state index is 0.314. The summed E-state index contributed by atoms with van der Waals surface area (Å²) in [5, 5.41) is 4.01. The highest BCUT2D eigenvalue weighted by Gasteiger charge is 2.15. The van der Waals surface area contributed by atoms with E-state index in [1.165, 1.54) is 11.3 Å². The Kier molecular flexibility index (Phi) is 4.70. The van der Waals surface area contributed by atoms with E-state index in [0.717, 1.165) is 4.88 Å². The Morgan fingerprint density at radius 3 is 2.95 bits per heavy atom. The topological polar surface area (TPSA) is 90.0 Å². The number of nitrogens with one attached hydrogen (secondary N) is 1. The van der Waals surface area contributed by atoms with Gasteiger partial charge in [-0.3, -0.25) is 4.68 Å². The van der Waals surface area contributed by atoms with Crippen LogP contribution in [-0.4, -0.2) is 31.3 Å². The van der Waals surface area contributed by atoms with Crippen molar-refractivity contribution in [3.63, 3.8) is 0 Å². The van der Waals surface area contributed by atoms with E-state index in [0.29, 0.717) is 30.3 Å². The average molecular weight is 300 g/mol. The van der Waals surface area contributed by atoms with E-state index < -0.39 is 10.0 Å². The molecule has 0 amide bonds. The quantitative estimate of drug-likeness (QED) is 0.775. The molecule has 0 aliphatic carbocycles. The second-order valence-electron chi connectivity index (χ2n) is 3.93. The molecule has 0 fully saturated rings. The predicted octanol–water partition coefficient (Wildman–Crippen LogP) is 0.424. The second-order valence-corrected chi connectivity index (χ2v) is 7.09. The predicted molar refractivity (Wildman–Crippen MR) is 74.5 cm³/mol. The van der Waals surface area contributed by atoms with Crippen molar-refractivity contribution in [1.82, 2.24) is 14.5 Å². The van der Waals surface area contributed by atoms with Crippen molar-refractivity contribution in [1.29, 1.82) is 0 Å². The summed E-state index contributed by atoms with van der Waals surface area (Å²) in [6.07, 6.45) is 4.15. The van der Waals surface area contributed by atoms with Crippen molar-refractivity contribution in [3.05, 3.63) is 35.5 Å². The summed E-state index contributed by atoms with van der Waals surface area (Å²) in [6, 6.07) is 5.22. The molecular weight excluding hydrogens is 284 g/mol. The van der Waals surface area contributed by atoms with E-state index in [4.69, 9.17) is 5.73 Å². The van der Waals surface area contributed by atoms with Crippen molar-refractivity contribution in [2.75, 3.05) is 13.1 Å². The number of nitrogens with two attached hydrogens (primary N) is 1. The normalized spacial score (nSPS) is 11.8. The summed E-state index contributed by atoms with van der Waals surface area (Å²) >= 11 is 1.26. The molecule has 2 aromatic rings. The Morgan fingerprint density at radius 1 is 1.42 bits per heavy atom. The molecule has 19 heavy (non-hydrogen) atoms. The van der Waals surface area contributed by atoms with Crippen LogP contribution in [0.4, 0.5) is 0 Å². The maximum Gasteiger partial charge on any atom is 0.250 e. The largest absolute Gasteiger partial charge is 0.330 e. The average Bonchev–Trinajstić information content (AvgIpc) is 3.00. The monoisotopic (exact) mass is 300 g/mol. The molecule has 3 N–H and O–H groups in total. The summed E-state index contributed by atoms with van der Waals surface area (Å²) in [4.78, 5) is 0.981. The lowest BCUT2D eigenvalue weighted by molar-refractivity contribution is 0.562. The molecule has 0 radical (unpaired) electrons. The smallest absolute Gasteiger partial charge is 0.250 e. The molecule has 0 unspecified atom stereocenters. The lowest BCUT2D eigenvalue weighted by Gasteiger charge is -2.04. The van der Waals surface area contributed by atoms with Gasteiger partial charge in [-0.25, -0.2) is 13.1 Å². The van der Waals surface area contributed by atoms with Gasteiger partial charge in [-0.1, -0.05) is 0 Å². The molecule has 0 saturated carbocycles. The highest BCUT2D eigenvalue weighted by molar-refractivity contribution is 7.91. The number of hydrogen-bond acceptors (Lipinski definition) is 5. The summed E-state index contributed by atoms with van der Waals surface area (Å²) in [5.41, 5.74) is 5.45. The number of thiophene rings is 1. The molecule has 2 rings (SSSR count). The number of aromatic nitrogens is 2. The molecule has 0 bridgehead atoms. The first kappa shape index (κ1) is 14.2. The number of hydrogen-bond donors (Lipinski definition) is 2. The van der Waals surface area contributed by atoms with Crippen molar-refractivity contribution in [2.45, 2.75) is 17.2 Å². The Labute approximate surface area is 116 Å². The minimum Gasteiger partial charge on any atom is -0.330 e. The van der Waals surface area contributed by atoms with Gasteiger partial charge in [-0.2, -0.15) is 5.10 Å². The molecule has 0 aliphatic heterocycles. The van der Waals surface area contributed by atoms with Gasteiger partial charge in [0.05, 0.1) is 6.54 Å². The molecule has 0 atom stereocenters. The highest BCUT2D eigenvalue weighted by atomic mass is 32.2. The van der Waals surface area contributed by atoms with Crippen molar-refractivity contribution < 1.29 is 8.42 Å². The molecule has 6 nitrogen and oxygen atoms in total. The van der Waals surface area contributed by atoms with Crippen LogP contribution in [0, 0.1) is 0 Å². The molecule has 2 aromatic heterocycles. The van der Waals surface area contributed by atoms with Crippen LogP contribution >= 0.6 is 11.3 Å². The van der Waals surface area contributed by atoms with Gasteiger partial charge in [-0.15, -0.1) is 11.3 Å². The van der Waals surface area contributed by atoms with Crippen molar-refractivity contribution in [2.24, 2.45) is 5.73 Å². The molecule has 2 heterocycles. The molecule has 104 valence electrons. The molecule has 0 saturated heterocycles. The zero-order chi connectivity index (χ0) is 13.7. The zero-order valence-corrected chi connectivity index (χ0v) is 12.0. The van der Waals surface area contributed by atoms with Gasteiger partial charge in [-0.05, 0) is 31.2 Å². The third-order valence-corrected chi connectivity index (χ3v) is 5.58. The first-order chi connectivity index (χ1) is 9.12. The van der Waals surface area contributed by atoms with Crippen LogP contribution in [0.15, 0.2) is 34.8 Å². The Morgan fingerprint density at radius 2 is 2.26 bits per heavy atom. The lowest BCUT2D eigenvalue weighted by atomic mass is 10.3. The number of sulfonamides is 1. The van der Waals surface area contributed by atoms with Gasteiger partial charge in [0.2, 0.25) is 10.0 Å². The number of nitrogens with zero attached hydrogens (tertiary/aromatic N) is 2. The zero-order valence-electron chi connectivity index (χ0n) is 10.3. The van der Waals surface area contributed by atoms with E-state index in [9.17, 15) is 8.42 Å². The Balaban J connectivity index is 1.93. The van der Waals surface area contributed by atoms with Gasteiger partial charge in [0.15, 0.2) is 0 Å². The van der Waals surface area contributed by atoms with Crippen LogP contribution in [0.2, 0.25) is 0 Å². The Hall–Kier alpha value is -1.22. The van der Waals surface area contributed by atoms with Crippen LogP contribution < -0.4 is 10.5 Å². The van der Waals surface area contributed by atoms with Crippen LogP contribution in [-0.2, 0) is 23.0 Å². The first-order valence-electron chi connectivity index (χ1n) is 5.88. The van der Waals surface area contributed by atoms with E-state index in [-0.39, 0.29) is 0 Å². The van der Waals surface area contributed by atoms with Gasteiger partial charge >= 0.3 is 0 Å². The van der Waals surface area contributed by atoms with E-state index >= 15 is 0 Å². The van der Waals surface area contributed by atoms with E-state index in [1.54, 1.807) is 35.3 Å². The third kappa shape index (κ3) is 3.87. The second kappa shape index (κ2) is 6.29. The summed E-state index contributed by atoms with van der Waals surface area (Å²) in [6.45, 7) is 1.34. The van der Waals surface area contributed by atoms with Gasteiger partial charge in [0.1, 0.15) is 4.21 Å². The van der Waals surface area contributed by atoms with Crippen LogP contribution in [0.25, 0.3) is 0 Å². The van der Waals surface area contributed by atoms with Crippen LogP contribution in [0.5, 0.6) is 0 Å². The molecule has 8 heteroatoms. The first-order valence-corrected chi connectivity index (χ1v) is 8.17. The maximum absolute atomic E-state index is 12.0. The lowest BCUT2D eigenvalue weighted by Crippen LogP contribution is -2.26. The fourth-order valence-electron chi connectivity index (χ4n) is 1.58. The third-order valence-electron chi connectivity index (χ3n) is 2.48. The van der Waals surface area contributed by atoms with Gasteiger partial charge in [0.25, 0.3) is 0 Å². The van der Waals surface area contributed by atoms with Crippen molar-refractivity contribution >= 4 is 21.4 Å². The maximum atomic E-state index is 12.0. The van der Waals surface area contributed by atoms with E-state index in [2.05, 4.69) is 9.82 Å². The van der Waals surface area contributed by atoms with Crippen molar-refractivity contribution in [3.8, 4) is 0 Å². The molecule has 0 aliphatic rings. The standard InChI is InChI=1S/C11H16N4O2S2/c12-5-4-10-2-3-11(18-10)19(16,17)14-7-9-15-8-1-6-13-15/h1-3,6,8,14H,4-5,7,9,12H2. The summed E-state index contributed by atoms with van der Waals surface area (Å²) in [5.74, 6) is 0. The SMILES string of the molecule is NCCc1ccc(S(=O)(=O)NCCn2cccn2)s1. The van der Waals surface area contributed by atoms with Crippen LogP contribution in [0.1, 0.15) is 4.88 Å². The highest BCUT2D eigenvalue weighted by Crippen LogP contribution is 2.21. The van der Waals surface area contributed by atoms with Gasteiger partial charge < -0.3 is 5.73 Å². The summed E-state index contributed by atoms with van der Waals surface area (Å²) < 4.78 is 28.6. The van der Waals surface area contributed by atoms with Crippen LogP contribution in [0.3, 0.4) is 0 Å². The Bertz CT molecular complexity index is 604. The number of rotatable bonds is 7. The fraction of sp³-hybridized carbons (Fsp3) is 0.364. The fourth-order valence-corrected chi connectivity index (χ4v) is 4.01. The summed E-state index contributed by atoms with van der Waals surface area (Å²) in [7, 11) is -3.42. The molecule has 0 spiro atoms.